The van der Waals surface area contributed by atoms with E-state index >= 15 is 0 Å². The fourth-order valence-corrected chi connectivity index (χ4v) is 6.45. The van der Waals surface area contributed by atoms with E-state index < -0.39 is 0 Å². The van der Waals surface area contributed by atoms with E-state index in [0.29, 0.717) is 11.3 Å². The van der Waals surface area contributed by atoms with Gasteiger partial charge in [-0.1, -0.05) is 53.7 Å². The van der Waals surface area contributed by atoms with Gasteiger partial charge in [0.05, 0.1) is 24.3 Å². The molecule has 54 heavy (non-hydrogen) atoms. The van der Waals surface area contributed by atoms with Gasteiger partial charge >= 0.3 is 0 Å². The second-order valence-electron chi connectivity index (χ2n) is 13.0. The first-order chi connectivity index (χ1) is 26.4. The molecule has 7 aromatic rings. The quantitative estimate of drug-likeness (QED) is 0.169. The average Bonchev–Trinajstić information content (AvgIpc) is 3.42. The molecule has 5 nitrogen and oxygen atoms in total. The first-order valence-corrected chi connectivity index (χ1v) is 17.4. The Hall–Kier alpha value is -7.57. The van der Waals surface area contributed by atoms with E-state index in [-0.39, 0.29) is 6.79 Å². The van der Waals surface area contributed by atoms with E-state index in [1.165, 1.54) is 0 Å². The van der Waals surface area contributed by atoms with E-state index in [9.17, 15) is 5.26 Å². The molecular weight excluding hydrogens is 665 g/mol. The van der Waals surface area contributed by atoms with Gasteiger partial charge in [-0.15, -0.1) is 0 Å². The van der Waals surface area contributed by atoms with E-state index in [1.54, 1.807) is 19.2 Å². The standard InChI is InChI=1S/C49H32N2O3/c1-51(2)42-21-13-34(14-22-42)4-9-37-18-26-45-41(29-37)30-40(19-12-33-6-10-38(31-50)11-7-33)49-48(45)47-44-25-17-36(8-5-35-15-23-43(52-3)24-16-35)28-39(44)20-27-46(47)53-32-54-49/h6-7,10-11,13-18,20-30H,32H2,1-3H3. The molecule has 7 aromatic carbocycles. The zero-order valence-electron chi connectivity index (χ0n) is 30.0. The third kappa shape index (κ3) is 6.87. The van der Waals surface area contributed by atoms with Crippen LogP contribution < -0.4 is 19.1 Å². The molecule has 0 atom stereocenters. The Morgan fingerprint density at radius 3 is 1.70 bits per heavy atom. The highest BCUT2D eigenvalue weighted by atomic mass is 16.7. The number of nitriles is 1. The Morgan fingerprint density at radius 2 is 1.07 bits per heavy atom. The molecule has 0 radical (unpaired) electrons. The Morgan fingerprint density at radius 1 is 0.537 bits per heavy atom. The minimum atomic E-state index is 0.0319. The van der Waals surface area contributed by atoms with Crippen molar-refractivity contribution < 1.29 is 14.2 Å². The Kier molecular flexibility index (Phi) is 9.06. The summed E-state index contributed by atoms with van der Waals surface area (Å²) in [6.07, 6.45) is 0. The summed E-state index contributed by atoms with van der Waals surface area (Å²) < 4.78 is 17.9. The number of ether oxygens (including phenoxy) is 3. The van der Waals surface area contributed by atoms with Crippen LogP contribution in [0.25, 0.3) is 32.7 Å². The first-order valence-electron chi connectivity index (χ1n) is 17.4. The van der Waals surface area contributed by atoms with Crippen molar-refractivity contribution >= 4 is 27.2 Å². The number of anilines is 1. The molecule has 0 spiro atoms. The minimum absolute atomic E-state index is 0.0319. The second kappa shape index (κ2) is 14.6. The highest BCUT2D eigenvalue weighted by molar-refractivity contribution is 6.11. The number of hydrogen-bond donors (Lipinski definition) is 0. The molecule has 8 rings (SSSR count). The van der Waals surface area contributed by atoms with Crippen LogP contribution in [0.1, 0.15) is 38.9 Å². The predicted molar refractivity (Wildman–Crippen MR) is 216 cm³/mol. The van der Waals surface area contributed by atoms with Gasteiger partial charge in [0.25, 0.3) is 0 Å². The fraction of sp³-hybridized carbons (Fsp3) is 0.0816. The van der Waals surface area contributed by atoms with Gasteiger partial charge in [0.15, 0.2) is 0 Å². The van der Waals surface area contributed by atoms with Crippen molar-refractivity contribution in [3.63, 3.8) is 0 Å². The molecule has 1 heterocycles. The number of fused-ring (bicyclic) bond motifs is 7. The largest absolute Gasteiger partial charge is 0.497 e. The molecule has 0 fully saturated rings. The summed E-state index contributed by atoms with van der Waals surface area (Å²) >= 11 is 0. The van der Waals surface area contributed by atoms with Crippen LogP contribution >= 0.6 is 0 Å². The van der Waals surface area contributed by atoms with Gasteiger partial charge in [0.1, 0.15) is 17.2 Å². The summed E-state index contributed by atoms with van der Waals surface area (Å²) in [6.45, 7) is 0.0319. The smallest absolute Gasteiger partial charge is 0.231 e. The fourth-order valence-electron chi connectivity index (χ4n) is 6.45. The maximum absolute atomic E-state index is 9.28. The zero-order valence-corrected chi connectivity index (χ0v) is 30.0. The van der Waals surface area contributed by atoms with E-state index in [4.69, 9.17) is 14.2 Å². The van der Waals surface area contributed by atoms with Crippen molar-refractivity contribution in [2.75, 3.05) is 32.9 Å². The molecule has 0 N–H and O–H groups in total. The summed E-state index contributed by atoms with van der Waals surface area (Å²) in [5.74, 6) is 22.1. The van der Waals surface area contributed by atoms with Crippen molar-refractivity contribution in [2.45, 2.75) is 0 Å². The van der Waals surface area contributed by atoms with Crippen molar-refractivity contribution in [1.82, 2.24) is 0 Å². The monoisotopic (exact) mass is 696 g/mol. The second-order valence-corrected chi connectivity index (χ2v) is 13.0. The molecule has 5 heteroatoms. The van der Waals surface area contributed by atoms with Crippen LogP contribution in [0.3, 0.4) is 0 Å². The van der Waals surface area contributed by atoms with Crippen LogP contribution in [0.15, 0.2) is 127 Å². The highest BCUT2D eigenvalue weighted by Gasteiger charge is 2.24. The van der Waals surface area contributed by atoms with Crippen LogP contribution in [0, 0.1) is 46.9 Å². The van der Waals surface area contributed by atoms with Crippen LogP contribution in [0.5, 0.6) is 17.2 Å². The average molecular weight is 697 g/mol. The molecule has 0 amide bonds. The van der Waals surface area contributed by atoms with Crippen LogP contribution in [-0.2, 0) is 0 Å². The topological polar surface area (TPSA) is 54.7 Å². The van der Waals surface area contributed by atoms with Gasteiger partial charge in [-0.3, -0.25) is 0 Å². The Balaban J connectivity index is 1.27. The minimum Gasteiger partial charge on any atom is -0.497 e. The van der Waals surface area contributed by atoms with Crippen LogP contribution in [0.2, 0.25) is 0 Å². The molecule has 256 valence electrons. The van der Waals surface area contributed by atoms with Crippen LogP contribution in [0.4, 0.5) is 5.69 Å². The predicted octanol–water partition coefficient (Wildman–Crippen LogP) is 9.53. The van der Waals surface area contributed by atoms with Gasteiger partial charge in [-0.2, -0.15) is 5.26 Å². The molecule has 0 aromatic heterocycles. The zero-order chi connectivity index (χ0) is 37.0. The molecule has 0 saturated carbocycles. The maximum atomic E-state index is 9.28. The number of methoxy groups -OCH3 is 1. The molecule has 1 aliphatic heterocycles. The van der Waals surface area contributed by atoms with Gasteiger partial charge in [0.2, 0.25) is 6.79 Å². The summed E-state index contributed by atoms with van der Waals surface area (Å²) in [5.41, 5.74) is 8.69. The third-order valence-electron chi connectivity index (χ3n) is 9.27. The molecule has 0 saturated heterocycles. The van der Waals surface area contributed by atoms with Crippen molar-refractivity contribution in [1.29, 1.82) is 5.26 Å². The van der Waals surface area contributed by atoms with Crippen LogP contribution in [-0.4, -0.2) is 28.0 Å². The van der Waals surface area contributed by atoms with E-state index in [0.717, 1.165) is 83.2 Å². The first kappa shape index (κ1) is 33.6. The lowest BCUT2D eigenvalue weighted by Crippen LogP contribution is -2.07. The lowest BCUT2D eigenvalue weighted by atomic mass is 9.89. The normalized spacial score (nSPS) is 11.0. The number of benzene rings is 7. The van der Waals surface area contributed by atoms with Crippen molar-refractivity contribution in [3.05, 3.63) is 166 Å². The summed E-state index contributed by atoms with van der Waals surface area (Å²) in [7, 11) is 5.70. The molecule has 0 aliphatic carbocycles. The number of rotatable bonds is 2. The molecule has 0 bridgehead atoms. The Bertz CT molecular complexity index is 2810. The van der Waals surface area contributed by atoms with Crippen molar-refractivity contribution in [2.24, 2.45) is 0 Å². The van der Waals surface area contributed by atoms with Gasteiger partial charge in [0, 0.05) is 58.7 Å². The lowest BCUT2D eigenvalue weighted by molar-refractivity contribution is 0.124. The SMILES string of the molecule is COc1ccc(C#Cc2ccc3c4c(ccc3c2)OCOc2c(C#Cc3ccc(C#N)cc3)cc3cc(C#Cc5ccc(N(C)C)cc5)ccc3c2-4)cc1. The summed E-state index contributed by atoms with van der Waals surface area (Å²) in [5, 5.41) is 13.3. The number of nitrogens with zero attached hydrogens (tertiary/aromatic N) is 2. The van der Waals surface area contributed by atoms with Gasteiger partial charge in [-0.25, -0.2) is 0 Å². The van der Waals surface area contributed by atoms with E-state index in [1.807, 2.05) is 74.8 Å². The lowest BCUT2D eigenvalue weighted by Gasteiger charge is -2.16. The highest BCUT2D eigenvalue weighted by Crippen LogP contribution is 2.48. The van der Waals surface area contributed by atoms with Gasteiger partial charge < -0.3 is 19.1 Å². The maximum Gasteiger partial charge on any atom is 0.231 e. The summed E-state index contributed by atoms with van der Waals surface area (Å²) in [6, 6.07) is 44.0. The van der Waals surface area contributed by atoms with Gasteiger partial charge in [-0.05, 0) is 131 Å². The van der Waals surface area contributed by atoms with E-state index in [2.05, 4.69) is 101 Å². The molecule has 1 aliphatic rings. The number of hydrogen-bond acceptors (Lipinski definition) is 5. The third-order valence-corrected chi connectivity index (χ3v) is 9.27. The van der Waals surface area contributed by atoms with Crippen molar-refractivity contribution in [3.8, 4) is 70.0 Å². The Labute approximate surface area is 315 Å². The molecular formula is C49H32N2O3. The summed E-state index contributed by atoms with van der Waals surface area (Å²) in [4.78, 5) is 2.07. The molecule has 0 unspecified atom stereocenters.